The molecule has 1 aliphatic rings. The Hall–Kier alpha value is -2.71. The highest BCUT2D eigenvalue weighted by Gasteiger charge is 2.20. The molecule has 0 unspecified atom stereocenters. The van der Waals surface area contributed by atoms with Crippen LogP contribution in [-0.4, -0.2) is 48.2 Å². The average Bonchev–Trinajstić information content (AvgIpc) is 2.75. The van der Waals surface area contributed by atoms with Gasteiger partial charge in [0.25, 0.3) is 0 Å². The van der Waals surface area contributed by atoms with Crippen molar-refractivity contribution in [3.8, 4) is 0 Å². The zero-order chi connectivity index (χ0) is 21.0. The molecule has 0 atom stereocenters. The lowest BCUT2D eigenvalue weighted by molar-refractivity contribution is 0.211. The molecule has 4 rings (SSSR count). The van der Waals surface area contributed by atoms with Gasteiger partial charge in [0.1, 0.15) is 12.1 Å². The van der Waals surface area contributed by atoms with Gasteiger partial charge in [0, 0.05) is 36.7 Å². The Balaban J connectivity index is 1.34. The van der Waals surface area contributed by atoms with Gasteiger partial charge < -0.3 is 5.32 Å². The zero-order valence-electron chi connectivity index (χ0n) is 17.1. The second-order valence-corrected chi connectivity index (χ2v) is 9.65. The molecule has 3 aromatic rings. The Morgan fingerprint density at radius 3 is 2.67 bits per heavy atom. The predicted molar refractivity (Wildman–Crippen MR) is 121 cm³/mol. The van der Waals surface area contributed by atoms with E-state index in [1.165, 1.54) is 0 Å². The summed E-state index contributed by atoms with van der Waals surface area (Å²) in [6.45, 7) is 4.40. The van der Waals surface area contributed by atoms with E-state index < -0.39 is 10.0 Å². The SMILES string of the molecule is CCS(=O)(=O)Nc1cccc(CN2CCC(Nc3ncnc4ccccc34)CC2)c1. The van der Waals surface area contributed by atoms with Crippen molar-refractivity contribution < 1.29 is 8.42 Å². The third-order valence-electron chi connectivity index (χ3n) is 5.46. The maximum Gasteiger partial charge on any atom is 0.232 e. The molecule has 1 aromatic heterocycles. The minimum absolute atomic E-state index is 0.0688. The number of likely N-dealkylation sites (tertiary alicyclic amines) is 1. The lowest BCUT2D eigenvalue weighted by atomic mass is 10.0. The highest BCUT2D eigenvalue weighted by molar-refractivity contribution is 7.92. The molecule has 0 aliphatic carbocycles. The van der Waals surface area contributed by atoms with Crippen molar-refractivity contribution in [2.45, 2.75) is 32.4 Å². The van der Waals surface area contributed by atoms with Gasteiger partial charge in [-0.15, -0.1) is 0 Å². The summed E-state index contributed by atoms with van der Waals surface area (Å²) in [4.78, 5) is 11.2. The molecule has 0 spiro atoms. The molecule has 1 saturated heterocycles. The van der Waals surface area contributed by atoms with Crippen molar-refractivity contribution in [2.75, 3.05) is 28.9 Å². The molecule has 2 heterocycles. The first-order valence-electron chi connectivity index (χ1n) is 10.3. The van der Waals surface area contributed by atoms with Crippen LogP contribution in [0, 0.1) is 0 Å². The highest BCUT2D eigenvalue weighted by Crippen LogP contribution is 2.23. The van der Waals surface area contributed by atoms with Crippen LogP contribution < -0.4 is 10.0 Å². The molecule has 2 aromatic carbocycles. The van der Waals surface area contributed by atoms with Crippen LogP contribution in [0.5, 0.6) is 0 Å². The van der Waals surface area contributed by atoms with Crippen LogP contribution in [-0.2, 0) is 16.6 Å². The smallest absolute Gasteiger partial charge is 0.232 e. The van der Waals surface area contributed by atoms with Crippen molar-refractivity contribution in [1.82, 2.24) is 14.9 Å². The van der Waals surface area contributed by atoms with Crippen molar-refractivity contribution >= 4 is 32.4 Å². The fourth-order valence-corrected chi connectivity index (χ4v) is 4.42. The first-order chi connectivity index (χ1) is 14.5. The Morgan fingerprint density at radius 1 is 1.07 bits per heavy atom. The van der Waals surface area contributed by atoms with Crippen LogP contribution in [0.4, 0.5) is 11.5 Å². The topological polar surface area (TPSA) is 87.2 Å². The molecule has 0 saturated carbocycles. The number of sulfonamides is 1. The van der Waals surface area contributed by atoms with E-state index in [1.54, 1.807) is 19.3 Å². The van der Waals surface area contributed by atoms with Gasteiger partial charge in [0.05, 0.1) is 11.3 Å². The first kappa shape index (κ1) is 20.6. The maximum absolute atomic E-state index is 11.8. The number of nitrogens with zero attached hydrogens (tertiary/aromatic N) is 3. The number of anilines is 2. The number of nitrogens with one attached hydrogen (secondary N) is 2. The minimum atomic E-state index is -3.26. The van der Waals surface area contributed by atoms with Crippen LogP contribution in [0.2, 0.25) is 0 Å². The third-order valence-corrected chi connectivity index (χ3v) is 6.76. The van der Waals surface area contributed by atoms with Gasteiger partial charge >= 0.3 is 0 Å². The monoisotopic (exact) mass is 425 g/mol. The van der Waals surface area contributed by atoms with E-state index in [1.807, 2.05) is 42.5 Å². The number of hydrogen-bond acceptors (Lipinski definition) is 6. The Bertz CT molecular complexity index is 1110. The summed E-state index contributed by atoms with van der Waals surface area (Å²) in [7, 11) is -3.26. The molecule has 7 nitrogen and oxygen atoms in total. The van der Waals surface area contributed by atoms with Crippen LogP contribution in [0.25, 0.3) is 10.9 Å². The summed E-state index contributed by atoms with van der Waals surface area (Å²) in [6.07, 6.45) is 3.67. The summed E-state index contributed by atoms with van der Waals surface area (Å²) >= 11 is 0. The van der Waals surface area contributed by atoms with E-state index in [0.29, 0.717) is 11.7 Å². The van der Waals surface area contributed by atoms with E-state index in [9.17, 15) is 8.42 Å². The molecule has 1 fully saturated rings. The van der Waals surface area contributed by atoms with E-state index in [-0.39, 0.29) is 5.75 Å². The van der Waals surface area contributed by atoms with Gasteiger partial charge in [-0.3, -0.25) is 9.62 Å². The Morgan fingerprint density at radius 2 is 1.87 bits per heavy atom. The molecule has 0 radical (unpaired) electrons. The molecule has 0 bridgehead atoms. The van der Waals surface area contributed by atoms with Crippen molar-refractivity contribution in [1.29, 1.82) is 0 Å². The molecule has 1 aliphatic heterocycles. The summed E-state index contributed by atoms with van der Waals surface area (Å²) in [5.41, 5.74) is 2.69. The lowest BCUT2D eigenvalue weighted by Gasteiger charge is -2.32. The van der Waals surface area contributed by atoms with Gasteiger partial charge in [-0.25, -0.2) is 18.4 Å². The minimum Gasteiger partial charge on any atom is -0.367 e. The number of hydrogen-bond donors (Lipinski definition) is 2. The number of benzene rings is 2. The lowest BCUT2D eigenvalue weighted by Crippen LogP contribution is -2.38. The number of piperidine rings is 1. The van der Waals surface area contributed by atoms with Crippen molar-refractivity contribution in [3.63, 3.8) is 0 Å². The van der Waals surface area contributed by atoms with Gasteiger partial charge in [0.15, 0.2) is 0 Å². The molecular weight excluding hydrogens is 398 g/mol. The summed E-state index contributed by atoms with van der Waals surface area (Å²) in [5.74, 6) is 0.967. The molecule has 2 N–H and O–H groups in total. The summed E-state index contributed by atoms with van der Waals surface area (Å²) < 4.78 is 26.2. The second kappa shape index (κ2) is 8.97. The maximum atomic E-state index is 11.8. The standard InChI is InChI=1S/C22H27N5O2S/c1-2-30(28,29)26-19-7-5-6-17(14-19)15-27-12-10-18(11-13-27)25-22-20-8-3-4-9-21(20)23-16-24-22/h3-9,14,16,18,26H,2,10-13,15H2,1H3,(H,23,24,25). The molecule has 158 valence electrons. The first-order valence-corrected chi connectivity index (χ1v) is 12.0. The highest BCUT2D eigenvalue weighted by atomic mass is 32.2. The Kier molecular flexibility index (Phi) is 6.15. The quantitative estimate of drug-likeness (QED) is 0.603. The third kappa shape index (κ3) is 5.06. The van der Waals surface area contributed by atoms with E-state index in [4.69, 9.17) is 0 Å². The van der Waals surface area contributed by atoms with Crippen LogP contribution in [0.3, 0.4) is 0 Å². The number of rotatable bonds is 7. The van der Waals surface area contributed by atoms with Crippen LogP contribution in [0.15, 0.2) is 54.9 Å². The molecule has 30 heavy (non-hydrogen) atoms. The zero-order valence-corrected chi connectivity index (χ0v) is 17.9. The Labute approximate surface area is 177 Å². The fourth-order valence-electron chi connectivity index (χ4n) is 3.79. The number of fused-ring (bicyclic) bond motifs is 1. The normalized spacial score (nSPS) is 15.9. The van der Waals surface area contributed by atoms with E-state index >= 15 is 0 Å². The second-order valence-electron chi connectivity index (χ2n) is 7.64. The van der Waals surface area contributed by atoms with Crippen LogP contribution in [0.1, 0.15) is 25.3 Å². The van der Waals surface area contributed by atoms with Gasteiger partial charge in [-0.2, -0.15) is 0 Å². The number of para-hydroxylation sites is 1. The van der Waals surface area contributed by atoms with E-state index in [2.05, 4.69) is 24.9 Å². The molecule has 8 heteroatoms. The molecule has 0 amide bonds. The van der Waals surface area contributed by atoms with Gasteiger partial charge in [-0.05, 0) is 49.6 Å². The largest absolute Gasteiger partial charge is 0.367 e. The summed E-state index contributed by atoms with van der Waals surface area (Å²) in [6, 6.07) is 16.1. The van der Waals surface area contributed by atoms with Crippen molar-refractivity contribution in [2.24, 2.45) is 0 Å². The summed E-state index contributed by atoms with van der Waals surface area (Å²) in [5, 5.41) is 4.64. The average molecular weight is 426 g/mol. The molecular formula is C22H27N5O2S. The predicted octanol–water partition coefficient (Wildman–Crippen LogP) is 3.47. The van der Waals surface area contributed by atoms with Gasteiger partial charge in [-0.1, -0.05) is 24.3 Å². The van der Waals surface area contributed by atoms with Gasteiger partial charge in [0.2, 0.25) is 10.0 Å². The van der Waals surface area contributed by atoms with Crippen LogP contribution >= 0.6 is 0 Å². The van der Waals surface area contributed by atoms with Crippen molar-refractivity contribution in [3.05, 3.63) is 60.4 Å². The number of aromatic nitrogens is 2. The fraction of sp³-hybridized carbons (Fsp3) is 0.364. The van der Waals surface area contributed by atoms with E-state index in [0.717, 1.165) is 54.8 Å².